The Labute approximate surface area is 89.3 Å². The summed E-state index contributed by atoms with van der Waals surface area (Å²) in [7, 11) is 1.90. The molecule has 0 fully saturated rings. The summed E-state index contributed by atoms with van der Waals surface area (Å²) in [5, 5.41) is 3.12. The van der Waals surface area contributed by atoms with Gasteiger partial charge in [-0.25, -0.2) is 9.97 Å². The van der Waals surface area contributed by atoms with Crippen molar-refractivity contribution >= 4 is 16.9 Å². The molecule has 0 aliphatic carbocycles. The monoisotopic (exact) mass is 204 g/mol. The minimum absolute atomic E-state index is 0.439. The normalized spacial score (nSPS) is 13.0. The van der Waals surface area contributed by atoms with Crippen LogP contribution in [-0.2, 0) is 0 Å². The second-order valence-electron chi connectivity index (χ2n) is 3.69. The fourth-order valence-corrected chi connectivity index (χ4v) is 1.65. The van der Waals surface area contributed by atoms with Gasteiger partial charge < -0.3 is 9.88 Å². The maximum atomic E-state index is 4.40. The molecule has 2 heterocycles. The zero-order valence-corrected chi connectivity index (χ0v) is 9.36. The first-order valence-electron chi connectivity index (χ1n) is 5.27. The number of hydrogen-bond acceptors (Lipinski definition) is 3. The first-order valence-corrected chi connectivity index (χ1v) is 5.27. The first kappa shape index (κ1) is 9.96. The van der Waals surface area contributed by atoms with E-state index in [4.69, 9.17) is 0 Å². The first-order chi connectivity index (χ1) is 7.27. The van der Waals surface area contributed by atoms with E-state index in [1.807, 2.05) is 25.6 Å². The van der Waals surface area contributed by atoms with Gasteiger partial charge in [-0.15, -0.1) is 0 Å². The van der Waals surface area contributed by atoms with Gasteiger partial charge in [-0.05, 0) is 19.4 Å². The van der Waals surface area contributed by atoms with Crippen molar-refractivity contribution in [1.29, 1.82) is 0 Å². The lowest BCUT2D eigenvalue weighted by molar-refractivity contribution is 0.541. The molecule has 15 heavy (non-hydrogen) atoms. The third-order valence-corrected chi connectivity index (χ3v) is 2.80. The SMILES string of the molecule is CCC(C)n1cnc2c(NC)ccnc21. The molecule has 1 unspecified atom stereocenters. The van der Waals surface area contributed by atoms with Crippen molar-refractivity contribution in [2.45, 2.75) is 26.3 Å². The smallest absolute Gasteiger partial charge is 0.162 e. The molecule has 0 aromatic carbocycles. The molecule has 1 N–H and O–H groups in total. The summed E-state index contributed by atoms with van der Waals surface area (Å²) in [5.41, 5.74) is 2.93. The molecule has 2 rings (SSSR count). The molecule has 2 aromatic heterocycles. The van der Waals surface area contributed by atoms with Crippen LogP contribution >= 0.6 is 0 Å². The summed E-state index contributed by atoms with van der Waals surface area (Å²) in [5.74, 6) is 0. The second-order valence-corrected chi connectivity index (χ2v) is 3.69. The van der Waals surface area contributed by atoms with E-state index in [1.165, 1.54) is 0 Å². The molecule has 2 aromatic rings. The van der Waals surface area contributed by atoms with Gasteiger partial charge in [0.1, 0.15) is 5.52 Å². The fraction of sp³-hybridized carbons (Fsp3) is 0.455. The van der Waals surface area contributed by atoms with E-state index >= 15 is 0 Å². The zero-order chi connectivity index (χ0) is 10.8. The predicted molar refractivity (Wildman–Crippen MR) is 62.1 cm³/mol. The summed E-state index contributed by atoms with van der Waals surface area (Å²) in [6, 6.07) is 2.38. The standard InChI is InChI=1S/C11H16N4/c1-4-8(2)15-7-14-10-9(12-3)5-6-13-11(10)15/h5-8H,4H2,1-3H3,(H,12,13). The quantitative estimate of drug-likeness (QED) is 0.835. The molecule has 1 atom stereocenters. The fourth-order valence-electron chi connectivity index (χ4n) is 1.65. The molecule has 4 heteroatoms. The zero-order valence-electron chi connectivity index (χ0n) is 9.36. The highest BCUT2D eigenvalue weighted by molar-refractivity contribution is 5.85. The van der Waals surface area contributed by atoms with Crippen molar-refractivity contribution < 1.29 is 0 Å². The lowest BCUT2D eigenvalue weighted by atomic mass is 10.2. The van der Waals surface area contributed by atoms with Crippen LogP contribution in [0.25, 0.3) is 11.2 Å². The Kier molecular flexibility index (Phi) is 2.58. The van der Waals surface area contributed by atoms with Crippen molar-refractivity contribution in [3.63, 3.8) is 0 Å². The summed E-state index contributed by atoms with van der Waals surface area (Å²) in [6.45, 7) is 4.34. The van der Waals surface area contributed by atoms with Gasteiger partial charge in [0.2, 0.25) is 0 Å². The maximum Gasteiger partial charge on any atom is 0.162 e. The molecule has 4 nitrogen and oxygen atoms in total. The maximum absolute atomic E-state index is 4.40. The van der Waals surface area contributed by atoms with Gasteiger partial charge in [-0.1, -0.05) is 6.92 Å². The van der Waals surface area contributed by atoms with E-state index < -0.39 is 0 Å². The van der Waals surface area contributed by atoms with Crippen molar-refractivity contribution in [2.24, 2.45) is 0 Å². The van der Waals surface area contributed by atoms with Crippen LogP contribution < -0.4 is 5.32 Å². The van der Waals surface area contributed by atoms with Crippen LogP contribution in [0.2, 0.25) is 0 Å². The van der Waals surface area contributed by atoms with E-state index in [2.05, 4.69) is 33.7 Å². The number of anilines is 1. The van der Waals surface area contributed by atoms with Crippen molar-refractivity contribution in [1.82, 2.24) is 14.5 Å². The molecule has 80 valence electrons. The second kappa shape index (κ2) is 3.88. The minimum Gasteiger partial charge on any atom is -0.386 e. The lowest BCUT2D eigenvalue weighted by Crippen LogP contribution is -2.03. The van der Waals surface area contributed by atoms with Gasteiger partial charge in [0.05, 0.1) is 12.0 Å². The molecule has 0 spiro atoms. The Morgan fingerprint density at radius 1 is 1.47 bits per heavy atom. The van der Waals surface area contributed by atoms with Crippen molar-refractivity contribution in [3.8, 4) is 0 Å². The highest BCUT2D eigenvalue weighted by Crippen LogP contribution is 2.22. The number of aromatic nitrogens is 3. The van der Waals surface area contributed by atoms with Gasteiger partial charge in [0.15, 0.2) is 5.65 Å². The third kappa shape index (κ3) is 1.56. The topological polar surface area (TPSA) is 42.7 Å². The molecule has 0 saturated carbocycles. The molecule has 0 aliphatic heterocycles. The summed E-state index contributed by atoms with van der Waals surface area (Å²) < 4.78 is 2.12. The predicted octanol–water partition coefficient (Wildman–Crippen LogP) is 2.44. The molecular formula is C11H16N4. The number of imidazole rings is 1. The summed E-state index contributed by atoms with van der Waals surface area (Å²) in [4.78, 5) is 8.78. The molecular weight excluding hydrogens is 188 g/mol. The number of hydrogen-bond donors (Lipinski definition) is 1. The Balaban J connectivity index is 2.60. The van der Waals surface area contributed by atoms with Crippen molar-refractivity contribution in [2.75, 3.05) is 12.4 Å². The molecule has 0 bridgehead atoms. The van der Waals surface area contributed by atoms with Gasteiger partial charge in [-0.3, -0.25) is 0 Å². The van der Waals surface area contributed by atoms with E-state index in [0.29, 0.717) is 6.04 Å². The Morgan fingerprint density at radius 3 is 2.93 bits per heavy atom. The lowest BCUT2D eigenvalue weighted by Gasteiger charge is -2.10. The Morgan fingerprint density at radius 2 is 2.27 bits per heavy atom. The van der Waals surface area contributed by atoms with Gasteiger partial charge in [0.25, 0.3) is 0 Å². The van der Waals surface area contributed by atoms with Crippen LogP contribution in [0, 0.1) is 0 Å². The molecule has 0 radical (unpaired) electrons. The van der Waals surface area contributed by atoms with Gasteiger partial charge >= 0.3 is 0 Å². The number of nitrogens with zero attached hydrogens (tertiary/aromatic N) is 3. The van der Waals surface area contributed by atoms with Crippen LogP contribution in [0.5, 0.6) is 0 Å². The van der Waals surface area contributed by atoms with Crippen LogP contribution in [0.15, 0.2) is 18.6 Å². The molecule has 0 aliphatic rings. The van der Waals surface area contributed by atoms with E-state index in [0.717, 1.165) is 23.3 Å². The van der Waals surface area contributed by atoms with E-state index in [1.54, 1.807) is 0 Å². The van der Waals surface area contributed by atoms with E-state index in [-0.39, 0.29) is 0 Å². The average Bonchev–Trinajstić information content (AvgIpc) is 2.71. The highest BCUT2D eigenvalue weighted by atomic mass is 15.1. The third-order valence-electron chi connectivity index (χ3n) is 2.80. The minimum atomic E-state index is 0.439. The largest absolute Gasteiger partial charge is 0.386 e. The number of fused-ring (bicyclic) bond motifs is 1. The summed E-state index contributed by atoms with van der Waals surface area (Å²) in [6.07, 6.45) is 4.76. The summed E-state index contributed by atoms with van der Waals surface area (Å²) >= 11 is 0. The van der Waals surface area contributed by atoms with Crippen LogP contribution in [0.4, 0.5) is 5.69 Å². The van der Waals surface area contributed by atoms with E-state index in [9.17, 15) is 0 Å². The molecule has 0 amide bonds. The number of nitrogens with one attached hydrogen (secondary N) is 1. The van der Waals surface area contributed by atoms with Crippen LogP contribution in [0.3, 0.4) is 0 Å². The Hall–Kier alpha value is -1.58. The van der Waals surface area contributed by atoms with Crippen LogP contribution in [-0.4, -0.2) is 21.6 Å². The molecule has 0 saturated heterocycles. The van der Waals surface area contributed by atoms with Crippen LogP contribution in [0.1, 0.15) is 26.3 Å². The Bertz CT molecular complexity index is 461. The van der Waals surface area contributed by atoms with Crippen molar-refractivity contribution in [3.05, 3.63) is 18.6 Å². The number of pyridine rings is 1. The van der Waals surface area contributed by atoms with Gasteiger partial charge in [0, 0.05) is 19.3 Å². The average molecular weight is 204 g/mol. The number of rotatable bonds is 3. The van der Waals surface area contributed by atoms with Gasteiger partial charge in [-0.2, -0.15) is 0 Å². The highest BCUT2D eigenvalue weighted by Gasteiger charge is 2.10.